The summed E-state index contributed by atoms with van der Waals surface area (Å²) in [5, 5.41) is 2.97. The van der Waals surface area contributed by atoms with Crippen LogP contribution in [0.15, 0.2) is 121 Å². The molecule has 0 fully saturated rings. The molecule has 0 radical (unpaired) electrons. The molecule has 0 aliphatic heterocycles. The second-order valence-corrected chi connectivity index (χ2v) is 10.4. The molecule has 2 amide bonds. The summed E-state index contributed by atoms with van der Waals surface area (Å²) in [4.78, 5) is 45.1. The van der Waals surface area contributed by atoms with Crippen molar-refractivity contribution < 1.29 is 24.0 Å². The Balaban J connectivity index is 1.40. The molecule has 0 heterocycles. The number of esters is 1. The van der Waals surface area contributed by atoms with Crippen LogP contribution < -0.4 is 10.8 Å². The SMILES string of the molecule is O=C(CCCNC(=O)[C@H](Cc1ccccc1)[C@@H](Cc1ccccc1)C(=O)NOCc1ccccc1)OCc1ccccc1. The largest absolute Gasteiger partial charge is 0.461 e. The van der Waals surface area contributed by atoms with Gasteiger partial charge in [0, 0.05) is 13.0 Å². The van der Waals surface area contributed by atoms with E-state index in [1.807, 2.05) is 121 Å². The van der Waals surface area contributed by atoms with Crippen LogP contribution in [0.1, 0.15) is 35.1 Å². The standard InChI is InChI=1S/C36H38N2O5/c39-34(42-26-30-18-9-3-10-19-30)22-13-23-37-35(40)32(24-28-14-5-1-6-15-28)33(25-29-16-7-2-8-17-29)36(41)38-43-27-31-20-11-4-12-21-31/h1-12,14-21,32-33H,13,22-27H2,(H,37,40)(H,38,41)/t32-,33-/m1/s1. The van der Waals surface area contributed by atoms with Gasteiger partial charge >= 0.3 is 5.97 Å². The van der Waals surface area contributed by atoms with E-state index in [1.54, 1.807) is 0 Å². The molecule has 0 unspecified atom stereocenters. The van der Waals surface area contributed by atoms with Gasteiger partial charge in [0.05, 0.1) is 18.4 Å². The van der Waals surface area contributed by atoms with Crippen LogP contribution >= 0.6 is 0 Å². The van der Waals surface area contributed by atoms with E-state index in [-0.39, 0.29) is 44.0 Å². The molecule has 43 heavy (non-hydrogen) atoms. The van der Waals surface area contributed by atoms with Gasteiger partial charge < -0.3 is 10.1 Å². The van der Waals surface area contributed by atoms with Gasteiger partial charge in [-0.25, -0.2) is 5.48 Å². The van der Waals surface area contributed by atoms with E-state index < -0.39 is 11.8 Å². The van der Waals surface area contributed by atoms with Crippen molar-refractivity contribution in [2.75, 3.05) is 6.54 Å². The molecule has 4 aromatic carbocycles. The quantitative estimate of drug-likeness (QED) is 0.103. The summed E-state index contributed by atoms with van der Waals surface area (Å²) in [5.41, 5.74) is 6.33. The topological polar surface area (TPSA) is 93.7 Å². The molecule has 7 heteroatoms. The number of carbonyl (C=O) groups is 3. The Morgan fingerprint density at radius 2 is 1.00 bits per heavy atom. The van der Waals surface area contributed by atoms with Gasteiger partial charge in [0.1, 0.15) is 6.61 Å². The molecule has 4 aromatic rings. The van der Waals surface area contributed by atoms with Gasteiger partial charge in [0.25, 0.3) is 0 Å². The summed E-state index contributed by atoms with van der Waals surface area (Å²) >= 11 is 0. The first kappa shape index (κ1) is 31.2. The van der Waals surface area contributed by atoms with Crippen LogP contribution in [0.25, 0.3) is 0 Å². The van der Waals surface area contributed by atoms with Crippen LogP contribution in [0.2, 0.25) is 0 Å². The van der Waals surface area contributed by atoms with Gasteiger partial charge in [-0.15, -0.1) is 0 Å². The Morgan fingerprint density at radius 1 is 0.558 bits per heavy atom. The number of ether oxygens (including phenoxy) is 1. The van der Waals surface area contributed by atoms with E-state index in [9.17, 15) is 14.4 Å². The fraction of sp³-hybridized carbons (Fsp3) is 0.250. The summed E-state index contributed by atoms with van der Waals surface area (Å²) in [5.74, 6) is -2.31. The Labute approximate surface area is 253 Å². The van der Waals surface area contributed by atoms with Crippen molar-refractivity contribution in [2.24, 2.45) is 11.8 Å². The monoisotopic (exact) mass is 578 g/mol. The molecule has 0 aromatic heterocycles. The lowest BCUT2D eigenvalue weighted by atomic mass is 9.81. The number of amides is 2. The minimum Gasteiger partial charge on any atom is -0.461 e. The average Bonchev–Trinajstić information content (AvgIpc) is 3.05. The third-order valence-electron chi connectivity index (χ3n) is 7.11. The predicted molar refractivity (Wildman–Crippen MR) is 165 cm³/mol. The second-order valence-electron chi connectivity index (χ2n) is 10.4. The smallest absolute Gasteiger partial charge is 0.306 e. The van der Waals surface area contributed by atoms with E-state index >= 15 is 0 Å². The van der Waals surface area contributed by atoms with Crippen LogP contribution in [0, 0.1) is 11.8 Å². The minimum absolute atomic E-state index is 0.178. The molecule has 0 bridgehead atoms. The summed E-state index contributed by atoms with van der Waals surface area (Å²) in [6.07, 6.45) is 1.33. The van der Waals surface area contributed by atoms with Crippen molar-refractivity contribution in [2.45, 2.75) is 38.9 Å². The highest BCUT2D eigenvalue weighted by Crippen LogP contribution is 2.24. The van der Waals surface area contributed by atoms with Gasteiger partial charge in [-0.3, -0.25) is 19.2 Å². The van der Waals surface area contributed by atoms with Crippen molar-refractivity contribution in [3.05, 3.63) is 144 Å². The molecule has 0 aliphatic rings. The highest BCUT2D eigenvalue weighted by molar-refractivity contribution is 5.87. The fourth-order valence-electron chi connectivity index (χ4n) is 4.80. The van der Waals surface area contributed by atoms with Crippen LogP contribution in [-0.4, -0.2) is 24.3 Å². The molecule has 0 saturated carbocycles. The van der Waals surface area contributed by atoms with E-state index in [4.69, 9.17) is 9.57 Å². The van der Waals surface area contributed by atoms with Gasteiger partial charge in [0.15, 0.2) is 0 Å². The first-order valence-corrected chi connectivity index (χ1v) is 14.6. The molecule has 0 saturated heterocycles. The van der Waals surface area contributed by atoms with Crippen molar-refractivity contribution >= 4 is 17.8 Å². The first-order chi connectivity index (χ1) is 21.1. The van der Waals surface area contributed by atoms with E-state index in [1.165, 1.54) is 0 Å². The summed E-state index contributed by atoms with van der Waals surface area (Å²) in [6, 6.07) is 38.3. The molecular formula is C36H38N2O5. The Hall–Kier alpha value is -4.75. The molecular weight excluding hydrogens is 540 g/mol. The third-order valence-corrected chi connectivity index (χ3v) is 7.11. The zero-order valence-electron chi connectivity index (χ0n) is 24.2. The van der Waals surface area contributed by atoms with Crippen LogP contribution in [0.5, 0.6) is 0 Å². The highest BCUT2D eigenvalue weighted by Gasteiger charge is 2.34. The van der Waals surface area contributed by atoms with Crippen molar-refractivity contribution in [3.8, 4) is 0 Å². The zero-order valence-corrected chi connectivity index (χ0v) is 24.2. The number of hydrogen-bond acceptors (Lipinski definition) is 5. The highest BCUT2D eigenvalue weighted by atomic mass is 16.6. The maximum atomic E-state index is 13.7. The van der Waals surface area contributed by atoms with Crippen LogP contribution in [-0.2, 0) is 50.0 Å². The minimum atomic E-state index is -0.700. The van der Waals surface area contributed by atoms with Crippen LogP contribution in [0.4, 0.5) is 0 Å². The lowest BCUT2D eigenvalue weighted by Gasteiger charge is -2.26. The van der Waals surface area contributed by atoms with Gasteiger partial charge in [-0.05, 0) is 41.5 Å². The predicted octanol–water partition coefficient (Wildman–Crippen LogP) is 5.59. The maximum Gasteiger partial charge on any atom is 0.306 e. The van der Waals surface area contributed by atoms with Crippen LogP contribution in [0.3, 0.4) is 0 Å². The van der Waals surface area contributed by atoms with Gasteiger partial charge in [0.2, 0.25) is 11.8 Å². The maximum absolute atomic E-state index is 13.7. The molecule has 2 atom stereocenters. The normalized spacial score (nSPS) is 12.1. The van der Waals surface area contributed by atoms with E-state index in [0.29, 0.717) is 19.3 Å². The van der Waals surface area contributed by atoms with Crippen molar-refractivity contribution in [1.82, 2.24) is 10.8 Å². The summed E-state index contributed by atoms with van der Waals surface area (Å²) < 4.78 is 5.35. The summed E-state index contributed by atoms with van der Waals surface area (Å²) in [6.45, 7) is 0.711. The average molecular weight is 579 g/mol. The first-order valence-electron chi connectivity index (χ1n) is 14.6. The van der Waals surface area contributed by atoms with E-state index in [0.717, 1.165) is 22.3 Å². The number of hydroxylamine groups is 1. The zero-order chi connectivity index (χ0) is 30.1. The molecule has 4 rings (SSSR count). The van der Waals surface area contributed by atoms with Crippen molar-refractivity contribution in [1.29, 1.82) is 0 Å². The molecule has 222 valence electrons. The molecule has 7 nitrogen and oxygen atoms in total. The Kier molecular flexibility index (Phi) is 12.5. The summed E-state index contributed by atoms with van der Waals surface area (Å²) in [7, 11) is 0. The molecule has 0 spiro atoms. The third kappa shape index (κ3) is 10.9. The number of benzene rings is 4. The van der Waals surface area contributed by atoms with E-state index in [2.05, 4.69) is 10.8 Å². The number of rotatable bonds is 16. The second kappa shape index (κ2) is 17.3. The lowest BCUT2D eigenvalue weighted by Crippen LogP contribution is -2.44. The number of nitrogens with one attached hydrogen (secondary N) is 2. The van der Waals surface area contributed by atoms with Gasteiger partial charge in [-0.2, -0.15) is 0 Å². The number of hydrogen-bond donors (Lipinski definition) is 2. The molecule has 2 N–H and O–H groups in total. The number of carbonyl (C=O) groups excluding carboxylic acids is 3. The van der Waals surface area contributed by atoms with Gasteiger partial charge in [-0.1, -0.05) is 121 Å². The van der Waals surface area contributed by atoms with Crippen molar-refractivity contribution in [3.63, 3.8) is 0 Å². The Morgan fingerprint density at radius 3 is 1.51 bits per heavy atom. The lowest BCUT2D eigenvalue weighted by molar-refractivity contribution is -0.145. The molecule has 0 aliphatic carbocycles. The fourth-order valence-corrected chi connectivity index (χ4v) is 4.80. The Bertz CT molecular complexity index is 1400.